The summed E-state index contributed by atoms with van der Waals surface area (Å²) in [5.41, 5.74) is 0.550. The van der Waals surface area contributed by atoms with Crippen molar-refractivity contribution in [3.63, 3.8) is 0 Å². The molecule has 2 N–H and O–H groups in total. The first-order valence-corrected chi connectivity index (χ1v) is 7.17. The average molecular weight is 293 g/mol. The molecule has 0 unspecified atom stereocenters. The molecule has 0 radical (unpaired) electrons. The zero-order valence-corrected chi connectivity index (χ0v) is 12.6. The SMILES string of the molecule is COCC1(C(=O)NCc2ccnc(OC)c2)CCNCC1. The number of aromatic nitrogens is 1. The Hall–Kier alpha value is -1.66. The van der Waals surface area contributed by atoms with E-state index in [1.54, 1.807) is 20.4 Å². The molecule has 1 amide bonds. The van der Waals surface area contributed by atoms with Crippen LogP contribution in [0.25, 0.3) is 0 Å². The Morgan fingerprint density at radius 3 is 2.86 bits per heavy atom. The molecule has 2 rings (SSSR count). The average Bonchev–Trinajstić information content (AvgIpc) is 2.54. The zero-order valence-electron chi connectivity index (χ0n) is 12.6. The molecular formula is C15H23N3O3. The number of nitrogens with one attached hydrogen (secondary N) is 2. The van der Waals surface area contributed by atoms with Crippen molar-refractivity contribution < 1.29 is 14.3 Å². The molecule has 0 atom stereocenters. The van der Waals surface area contributed by atoms with Gasteiger partial charge in [0.2, 0.25) is 11.8 Å². The molecule has 1 aliphatic heterocycles. The van der Waals surface area contributed by atoms with Gasteiger partial charge in [0, 0.05) is 25.9 Å². The maximum Gasteiger partial charge on any atom is 0.228 e. The fourth-order valence-corrected chi connectivity index (χ4v) is 2.66. The monoisotopic (exact) mass is 293 g/mol. The van der Waals surface area contributed by atoms with Crippen molar-refractivity contribution >= 4 is 5.91 Å². The highest BCUT2D eigenvalue weighted by atomic mass is 16.5. The normalized spacial score (nSPS) is 17.2. The van der Waals surface area contributed by atoms with E-state index in [1.165, 1.54) is 0 Å². The van der Waals surface area contributed by atoms with E-state index in [1.807, 2.05) is 12.1 Å². The first-order chi connectivity index (χ1) is 10.2. The van der Waals surface area contributed by atoms with Crippen molar-refractivity contribution in [3.05, 3.63) is 23.9 Å². The standard InChI is InChI=1S/C15H23N3O3/c1-20-11-15(4-7-16-8-5-15)14(19)18-10-12-3-6-17-13(9-12)21-2/h3,6,9,16H,4-5,7-8,10-11H2,1-2H3,(H,18,19). The molecule has 0 saturated carbocycles. The van der Waals surface area contributed by atoms with Crippen molar-refractivity contribution in [1.82, 2.24) is 15.6 Å². The Balaban J connectivity index is 1.98. The summed E-state index contributed by atoms with van der Waals surface area (Å²) in [7, 11) is 3.22. The van der Waals surface area contributed by atoms with Gasteiger partial charge in [0.1, 0.15) is 0 Å². The van der Waals surface area contributed by atoms with Crippen LogP contribution < -0.4 is 15.4 Å². The van der Waals surface area contributed by atoms with E-state index in [0.29, 0.717) is 19.0 Å². The van der Waals surface area contributed by atoms with Crippen molar-refractivity contribution in [2.45, 2.75) is 19.4 Å². The Bertz CT molecular complexity index is 467. The van der Waals surface area contributed by atoms with Crippen LogP contribution in [0, 0.1) is 5.41 Å². The predicted octanol–water partition coefficient (Wildman–Crippen LogP) is 0.723. The lowest BCUT2D eigenvalue weighted by molar-refractivity contribution is -0.136. The highest BCUT2D eigenvalue weighted by Crippen LogP contribution is 2.29. The molecule has 6 nitrogen and oxygen atoms in total. The van der Waals surface area contributed by atoms with E-state index in [-0.39, 0.29) is 5.91 Å². The number of ether oxygens (including phenoxy) is 2. The van der Waals surface area contributed by atoms with Crippen molar-refractivity contribution in [3.8, 4) is 5.88 Å². The van der Waals surface area contributed by atoms with Gasteiger partial charge in [0.25, 0.3) is 0 Å². The van der Waals surface area contributed by atoms with Gasteiger partial charge >= 0.3 is 0 Å². The highest BCUT2D eigenvalue weighted by molar-refractivity contribution is 5.83. The van der Waals surface area contributed by atoms with Gasteiger partial charge in [0.15, 0.2) is 0 Å². The molecule has 0 spiro atoms. The Morgan fingerprint density at radius 1 is 1.43 bits per heavy atom. The molecule has 1 saturated heterocycles. The van der Waals surface area contributed by atoms with Crippen LogP contribution >= 0.6 is 0 Å². The minimum absolute atomic E-state index is 0.0571. The van der Waals surface area contributed by atoms with Crippen LogP contribution in [-0.4, -0.2) is 44.8 Å². The Labute approximate surface area is 125 Å². The quantitative estimate of drug-likeness (QED) is 0.809. The number of rotatable bonds is 6. The number of carbonyl (C=O) groups excluding carboxylic acids is 1. The number of hydrogen-bond donors (Lipinski definition) is 2. The molecule has 0 aliphatic carbocycles. The molecule has 1 aliphatic rings. The summed E-state index contributed by atoms with van der Waals surface area (Å²) in [6.07, 6.45) is 3.27. The molecule has 21 heavy (non-hydrogen) atoms. The van der Waals surface area contributed by atoms with E-state index >= 15 is 0 Å². The summed E-state index contributed by atoms with van der Waals surface area (Å²) in [5.74, 6) is 0.608. The smallest absolute Gasteiger partial charge is 0.228 e. The van der Waals surface area contributed by atoms with E-state index < -0.39 is 5.41 Å². The minimum Gasteiger partial charge on any atom is -0.481 e. The molecule has 1 fully saturated rings. The first-order valence-electron chi connectivity index (χ1n) is 7.17. The molecule has 0 aromatic carbocycles. The largest absolute Gasteiger partial charge is 0.481 e. The maximum atomic E-state index is 12.6. The number of amides is 1. The predicted molar refractivity (Wildman–Crippen MR) is 79.0 cm³/mol. The summed E-state index contributed by atoms with van der Waals surface area (Å²) in [6.45, 7) is 2.62. The van der Waals surface area contributed by atoms with Crippen LogP contribution in [0.1, 0.15) is 18.4 Å². The molecule has 0 bridgehead atoms. The third-order valence-corrected chi connectivity index (χ3v) is 3.92. The van der Waals surface area contributed by atoms with Crippen molar-refractivity contribution in [2.75, 3.05) is 33.9 Å². The minimum atomic E-state index is -0.420. The fourth-order valence-electron chi connectivity index (χ4n) is 2.66. The molecule has 116 valence electrons. The van der Waals surface area contributed by atoms with Crippen molar-refractivity contribution in [2.24, 2.45) is 5.41 Å². The summed E-state index contributed by atoms with van der Waals surface area (Å²) < 4.78 is 10.4. The Kier molecular flexibility index (Phi) is 5.52. The van der Waals surface area contributed by atoms with E-state index in [9.17, 15) is 4.79 Å². The van der Waals surface area contributed by atoms with E-state index in [4.69, 9.17) is 9.47 Å². The van der Waals surface area contributed by atoms with Crippen LogP contribution in [0.15, 0.2) is 18.3 Å². The molecular weight excluding hydrogens is 270 g/mol. The number of pyridine rings is 1. The fraction of sp³-hybridized carbons (Fsp3) is 0.600. The molecule has 1 aromatic rings. The van der Waals surface area contributed by atoms with Gasteiger partial charge in [-0.3, -0.25) is 4.79 Å². The molecule has 6 heteroatoms. The zero-order chi connectivity index (χ0) is 15.1. The van der Waals surface area contributed by atoms with Crippen LogP contribution in [0.2, 0.25) is 0 Å². The van der Waals surface area contributed by atoms with Crippen molar-refractivity contribution in [1.29, 1.82) is 0 Å². The second-order valence-corrected chi connectivity index (χ2v) is 5.35. The van der Waals surface area contributed by atoms with Gasteiger partial charge in [-0.15, -0.1) is 0 Å². The van der Waals surface area contributed by atoms with E-state index in [0.717, 1.165) is 31.5 Å². The maximum absolute atomic E-state index is 12.6. The highest BCUT2D eigenvalue weighted by Gasteiger charge is 2.39. The second kappa shape index (κ2) is 7.38. The second-order valence-electron chi connectivity index (χ2n) is 5.35. The molecule has 1 aromatic heterocycles. The number of methoxy groups -OCH3 is 2. The van der Waals surface area contributed by atoms with Crippen LogP contribution in [0.3, 0.4) is 0 Å². The number of nitrogens with zero attached hydrogens (tertiary/aromatic N) is 1. The Morgan fingerprint density at radius 2 is 2.19 bits per heavy atom. The summed E-state index contributed by atoms with van der Waals surface area (Å²) in [6, 6.07) is 3.69. The third kappa shape index (κ3) is 3.92. The summed E-state index contributed by atoms with van der Waals surface area (Å²) in [4.78, 5) is 16.6. The van der Waals surface area contributed by atoms with Gasteiger partial charge in [0.05, 0.1) is 19.1 Å². The van der Waals surface area contributed by atoms with Gasteiger partial charge in [-0.1, -0.05) is 0 Å². The lowest BCUT2D eigenvalue weighted by atomic mass is 9.78. The third-order valence-electron chi connectivity index (χ3n) is 3.92. The first kappa shape index (κ1) is 15.7. The van der Waals surface area contributed by atoms with Gasteiger partial charge in [-0.05, 0) is 37.6 Å². The van der Waals surface area contributed by atoms with Crippen LogP contribution in [0.4, 0.5) is 0 Å². The van der Waals surface area contributed by atoms with Gasteiger partial charge < -0.3 is 20.1 Å². The number of piperidine rings is 1. The van der Waals surface area contributed by atoms with Crippen LogP contribution in [-0.2, 0) is 16.1 Å². The van der Waals surface area contributed by atoms with Gasteiger partial charge in [-0.25, -0.2) is 4.98 Å². The topological polar surface area (TPSA) is 72.5 Å². The lowest BCUT2D eigenvalue weighted by Crippen LogP contribution is -2.49. The summed E-state index contributed by atoms with van der Waals surface area (Å²) >= 11 is 0. The summed E-state index contributed by atoms with van der Waals surface area (Å²) in [5, 5.41) is 6.30. The lowest BCUT2D eigenvalue weighted by Gasteiger charge is -2.35. The number of hydrogen-bond acceptors (Lipinski definition) is 5. The van der Waals surface area contributed by atoms with Gasteiger partial charge in [-0.2, -0.15) is 0 Å². The number of carbonyl (C=O) groups is 1. The molecule has 2 heterocycles. The van der Waals surface area contributed by atoms with Crippen LogP contribution in [0.5, 0.6) is 5.88 Å². The van der Waals surface area contributed by atoms with E-state index in [2.05, 4.69) is 15.6 Å².